The Bertz CT molecular complexity index is 1370. The van der Waals surface area contributed by atoms with Crippen LogP contribution in [0.1, 0.15) is 52.5 Å². The largest absolute Gasteiger partial charge is 0.497 e. The van der Waals surface area contributed by atoms with E-state index in [-0.39, 0.29) is 24.0 Å². The maximum atomic E-state index is 14.7. The van der Waals surface area contributed by atoms with Gasteiger partial charge in [0.15, 0.2) is 21.2 Å². The van der Waals surface area contributed by atoms with Gasteiger partial charge in [-0.2, -0.15) is 0 Å². The van der Waals surface area contributed by atoms with Crippen molar-refractivity contribution in [1.29, 1.82) is 0 Å². The monoisotopic (exact) mass is 600 g/mol. The molecule has 7 atom stereocenters. The number of fused-ring (bicyclic) bond motifs is 2. The molecule has 8 nitrogen and oxygen atoms in total. The molecule has 0 radical (unpaired) electrons. The lowest BCUT2D eigenvalue weighted by molar-refractivity contribution is -0.222. The lowest BCUT2D eigenvalue weighted by Gasteiger charge is -2.51. The van der Waals surface area contributed by atoms with Crippen molar-refractivity contribution in [3.05, 3.63) is 72.8 Å². The molecule has 3 fully saturated rings. The summed E-state index contributed by atoms with van der Waals surface area (Å²) in [4.78, 5) is 0.0874. The van der Waals surface area contributed by atoms with Gasteiger partial charge in [0.1, 0.15) is 23.2 Å². The van der Waals surface area contributed by atoms with Crippen LogP contribution in [0.4, 0.5) is 0 Å². The highest BCUT2D eigenvalue weighted by Gasteiger charge is 2.73. The van der Waals surface area contributed by atoms with Crippen LogP contribution >= 0.6 is 0 Å². The van der Waals surface area contributed by atoms with Crippen molar-refractivity contribution in [2.75, 3.05) is 13.7 Å². The van der Waals surface area contributed by atoms with Gasteiger partial charge in [0, 0.05) is 5.41 Å². The third-order valence-electron chi connectivity index (χ3n) is 10.3. The molecule has 42 heavy (non-hydrogen) atoms. The predicted molar refractivity (Wildman–Crippen MR) is 159 cm³/mol. The Morgan fingerprint density at radius 2 is 1.76 bits per heavy atom. The van der Waals surface area contributed by atoms with E-state index in [1.165, 1.54) is 6.08 Å². The van der Waals surface area contributed by atoms with Crippen LogP contribution in [0.15, 0.2) is 72.1 Å². The molecule has 2 aliphatic carbocycles. The highest BCUT2D eigenvalue weighted by Crippen LogP contribution is 2.69. The molecule has 0 amide bonds. The maximum Gasteiger partial charge on any atom is 0.184 e. The van der Waals surface area contributed by atoms with Crippen LogP contribution in [-0.4, -0.2) is 67.3 Å². The topological polar surface area (TPSA) is 112 Å². The van der Waals surface area contributed by atoms with E-state index >= 15 is 0 Å². The summed E-state index contributed by atoms with van der Waals surface area (Å²) in [6, 6.07) is 15.6. The van der Waals surface area contributed by atoms with Crippen LogP contribution in [0, 0.1) is 16.7 Å². The van der Waals surface area contributed by atoms with Gasteiger partial charge < -0.3 is 29.2 Å². The van der Waals surface area contributed by atoms with Gasteiger partial charge in [-0.05, 0) is 74.3 Å². The highest BCUT2D eigenvalue weighted by molar-refractivity contribution is 7.92. The predicted octanol–water partition coefficient (Wildman–Crippen LogP) is 4.68. The minimum Gasteiger partial charge on any atom is -0.497 e. The number of aliphatic hydroxyl groups excluding tert-OH is 2. The Hall–Kier alpha value is -2.27. The first-order valence-electron chi connectivity index (χ1n) is 14.6. The van der Waals surface area contributed by atoms with E-state index in [0.29, 0.717) is 18.6 Å². The molecule has 1 saturated heterocycles. The minimum absolute atomic E-state index is 0.0874. The van der Waals surface area contributed by atoms with Crippen molar-refractivity contribution < 1.29 is 37.6 Å². The molecule has 9 heteroatoms. The first kappa shape index (κ1) is 31.2. The summed E-state index contributed by atoms with van der Waals surface area (Å²) in [6.07, 6.45) is -0.240. The number of aliphatic hydroxyl groups is 2. The van der Waals surface area contributed by atoms with Crippen LogP contribution in [-0.2, 0) is 30.7 Å². The molecule has 2 aromatic rings. The van der Waals surface area contributed by atoms with Gasteiger partial charge in [0.2, 0.25) is 0 Å². The SMILES string of the molecule is C=C[C@@H](OCc1ccc(OC)cc1)[C@]1([C@@H](O)[C@H]([C@@]23CC[C@@H](C[C@H]2O)C3(C)C)S(=O)(=O)c2ccccc2)COC(C)(C)O1. The Morgan fingerprint density at radius 3 is 2.26 bits per heavy atom. The van der Waals surface area contributed by atoms with E-state index in [1.807, 2.05) is 38.1 Å². The third-order valence-corrected chi connectivity index (χ3v) is 12.6. The minimum atomic E-state index is -4.21. The van der Waals surface area contributed by atoms with Crippen LogP contribution in [0.5, 0.6) is 5.75 Å². The number of sulfone groups is 1. The number of rotatable bonds is 11. The first-order chi connectivity index (χ1) is 19.7. The molecule has 0 spiro atoms. The van der Waals surface area contributed by atoms with Crippen LogP contribution in [0.3, 0.4) is 0 Å². The van der Waals surface area contributed by atoms with E-state index in [4.69, 9.17) is 18.9 Å². The molecule has 2 bridgehead atoms. The van der Waals surface area contributed by atoms with Crippen molar-refractivity contribution in [2.24, 2.45) is 16.7 Å². The zero-order chi connectivity index (χ0) is 30.6. The molecule has 1 aliphatic heterocycles. The highest BCUT2D eigenvalue weighted by atomic mass is 32.2. The second-order valence-corrected chi connectivity index (χ2v) is 15.1. The van der Waals surface area contributed by atoms with Gasteiger partial charge in [0.05, 0.1) is 31.3 Å². The molecule has 230 valence electrons. The lowest BCUT2D eigenvalue weighted by atomic mass is 9.63. The Labute approximate surface area is 249 Å². The standard InChI is InChI=1S/C33H44O8S/c1-7-27(39-20-22-13-15-24(38-6)16-14-22)33(21-40-31(4,5)41-33)28(35)29(42(36,37)25-11-9-8-10-12-25)32-18-17-23(19-26(32)34)30(32,2)3/h7-16,23,26-29,34-35H,1,17-21H2,2-6H3/t23-,26+,27+,28-,29+,32+,33-/m0/s1. The summed E-state index contributed by atoms with van der Waals surface area (Å²) in [5, 5.41) is 22.9. The molecular formula is C33H44O8S. The summed E-state index contributed by atoms with van der Waals surface area (Å²) in [6.45, 7) is 11.5. The Morgan fingerprint density at radius 1 is 1.10 bits per heavy atom. The molecule has 2 saturated carbocycles. The van der Waals surface area contributed by atoms with Crippen LogP contribution in [0.2, 0.25) is 0 Å². The summed E-state index contributed by atoms with van der Waals surface area (Å²) in [7, 11) is -2.61. The van der Waals surface area contributed by atoms with E-state index in [1.54, 1.807) is 51.3 Å². The van der Waals surface area contributed by atoms with Gasteiger partial charge in [-0.3, -0.25) is 0 Å². The first-order valence-corrected chi connectivity index (χ1v) is 16.2. The van der Waals surface area contributed by atoms with Crippen molar-refractivity contribution >= 4 is 9.84 Å². The van der Waals surface area contributed by atoms with Gasteiger partial charge in [-0.1, -0.05) is 50.3 Å². The second-order valence-electron chi connectivity index (χ2n) is 13.0. The normalized spacial score (nSPS) is 31.9. The van der Waals surface area contributed by atoms with Crippen LogP contribution in [0.25, 0.3) is 0 Å². The van der Waals surface area contributed by atoms with Crippen molar-refractivity contribution in [3.8, 4) is 5.75 Å². The number of hydrogen-bond donors (Lipinski definition) is 2. The van der Waals surface area contributed by atoms with Crippen LogP contribution < -0.4 is 4.74 Å². The number of hydrogen-bond acceptors (Lipinski definition) is 8. The summed E-state index contributed by atoms with van der Waals surface area (Å²) >= 11 is 0. The quantitative estimate of drug-likeness (QED) is 0.358. The van der Waals surface area contributed by atoms with E-state index < -0.39 is 55.6 Å². The fourth-order valence-corrected chi connectivity index (χ4v) is 10.5. The van der Waals surface area contributed by atoms with Gasteiger partial charge >= 0.3 is 0 Å². The van der Waals surface area contributed by atoms with Crippen molar-refractivity contribution in [2.45, 2.75) is 93.4 Å². The molecule has 2 N–H and O–H groups in total. The zero-order valence-corrected chi connectivity index (χ0v) is 26.0. The second kappa shape index (κ2) is 11.0. The summed E-state index contributed by atoms with van der Waals surface area (Å²) < 4.78 is 53.7. The number of benzene rings is 2. The van der Waals surface area contributed by atoms with Crippen molar-refractivity contribution in [3.63, 3.8) is 0 Å². The smallest absolute Gasteiger partial charge is 0.184 e. The molecule has 0 aromatic heterocycles. The molecule has 5 rings (SSSR count). The molecule has 0 unspecified atom stereocenters. The Balaban J connectivity index is 1.62. The molecule has 1 heterocycles. The van der Waals surface area contributed by atoms with Crippen molar-refractivity contribution in [1.82, 2.24) is 0 Å². The average molecular weight is 601 g/mol. The number of methoxy groups -OCH3 is 1. The average Bonchev–Trinajstić information content (AvgIpc) is 3.49. The molecule has 3 aliphatic rings. The fraction of sp³-hybridized carbons (Fsp3) is 0.576. The maximum absolute atomic E-state index is 14.7. The van der Waals surface area contributed by atoms with Gasteiger partial charge in [0.25, 0.3) is 0 Å². The van der Waals surface area contributed by atoms with E-state index in [9.17, 15) is 18.6 Å². The zero-order valence-electron chi connectivity index (χ0n) is 25.2. The summed E-state index contributed by atoms with van der Waals surface area (Å²) in [5.74, 6) is -0.296. The molecule has 2 aromatic carbocycles. The molecular weight excluding hydrogens is 556 g/mol. The lowest BCUT2D eigenvalue weighted by Crippen LogP contribution is -2.67. The van der Waals surface area contributed by atoms with E-state index in [0.717, 1.165) is 12.0 Å². The summed E-state index contributed by atoms with van der Waals surface area (Å²) in [5.41, 5.74) is -2.47. The van der Waals surface area contributed by atoms with E-state index in [2.05, 4.69) is 6.58 Å². The van der Waals surface area contributed by atoms with Gasteiger partial charge in [-0.15, -0.1) is 6.58 Å². The third kappa shape index (κ3) is 4.82. The fourth-order valence-electron chi connectivity index (χ4n) is 7.98. The Kier molecular flexibility index (Phi) is 8.18. The number of ether oxygens (including phenoxy) is 4. The van der Waals surface area contributed by atoms with Gasteiger partial charge in [-0.25, -0.2) is 8.42 Å².